The Labute approximate surface area is 127 Å². The van der Waals surface area contributed by atoms with Crippen molar-refractivity contribution in [3.63, 3.8) is 0 Å². The monoisotopic (exact) mass is 311 g/mol. The number of ether oxygens (including phenoxy) is 1. The van der Waals surface area contributed by atoms with E-state index in [0.717, 1.165) is 0 Å². The zero-order chi connectivity index (χ0) is 15.6. The molecule has 0 saturated heterocycles. The maximum atomic E-state index is 11.7. The molecule has 114 valence electrons. The number of aromatic nitrogens is 2. The largest absolute Gasteiger partial charge is 0.444 e. The smallest absolute Gasteiger partial charge is 0.407 e. The Morgan fingerprint density at radius 1 is 1.52 bits per heavy atom. The number of carbonyl (C=O) groups is 1. The molecule has 0 radical (unpaired) electrons. The first-order chi connectivity index (χ1) is 9.80. The predicted octanol–water partition coefficient (Wildman–Crippen LogP) is 2.50. The van der Waals surface area contributed by atoms with Gasteiger partial charge in [-0.3, -0.25) is 0 Å². The number of halogens is 1. The molecule has 0 aliphatic heterocycles. The molecule has 6 nitrogen and oxygen atoms in total. The molecular weight excluding hydrogens is 294 g/mol. The standard InChI is InChI=1S/C14H18ClN3O3/c1-14(2,3)21-13(20)16-7-11-10(8-19)17-12-6-9(15)4-5-18(11)12/h4-6,19H,7-8H2,1-3H3,(H,16,20). The molecule has 21 heavy (non-hydrogen) atoms. The lowest BCUT2D eigenvalue weighted by Crippen LogP contribution is -2.32. The molecule has 0 bridgehead atoms. The SMILES string of the molecule is CC(C)(C)OC(=O)NCc1c(CO)nc2cc(Cl)ccn12. The van der Waals surface area contributed by atoms with Crippen LogP contribution in [0.25, 0.3) is 5.65 Å². The van der Waals surface area contributed by atoms with Gasteiger partial charge in [-0.1, -0.05) is 11.6 Å². The number of aliphatic hydroxyl groups is 1. The number of imidazole rings is 1. The first-order valence-corrected chi connectivity index (χ1v) is 6.91. The molecule has 0 aliphatic carbocycles. The third kappa shape index (κ3) is 3.86. The summed E-state index contributed by atoms with van der Waals surface area (Å²) in [6.07, 6.45) is 1.23. The summed E-state index contributed by atoms with van der Waals surface area (Å²) in [6, 6.07) is 3.41. The molecule has 0 aromatic carbocycles. The zero-order valence-corrected chi connectivity index (χ0v) is 12.9. The maximum absolute atomic E-state index is 11.7. The Hall–Kier alpha value is -1.79. The second kappa shape index (κ2) is 5.91. The van der Waals surface area contributed by atoms with Gasteiger partial charge in [0.05, 0.1) is 24.5 Å². The summed E-state index contributed by atoms with van der Waals surface area (Å²) in [6.45, 7) is 5.37. The lowest BCUT2D eigenvalue weighted by molar-refractivity contribution is 0.0522. The number of nitrogens with one attached hydrogen (secondary N) is 1. The van der Waals surface area contributed by atoms with E-state index in [-0.39, 0.29) is 13.2 Å². The van der Waals surface area contributed by atoms with E-state index >= 15 is 0 Å². The number of aliphatic hydroxyl groups excluding tert-OH is 1. The van der Waals surface area contributed by atoms with Crippen LogP contribution in [0.5, 0.6) is 0 Å². The van der Waals surface area contributed by atoms with Crippen molar-refractivity contribution in [1.29, 1.82) is 0 Å². The number of alkyl carbamates (subject to hydrolysis) is 1. The number of carbonyl (C=O) groups excluding carboxylic acids is 1. The molecular formula is C14H18ClN3O3. The van der Waals surface area contributed by atoms with Gasteiger partial charge in [-0.2, -0.15) is 0 Å². The first-order valence-electron chi connectivity index (χ1n) is 6.53. The number of nitrogens with zero attached hydrogens (tertiary/aromatic N) is 2. The number of hydrogen-bond donors (Lipinski definition) is 2. The molecule has 2 aromatic heterocycles. The van der Waals surface area contributed by atoms with Gasteiger partial charge in [0.15, 0.2) is 0 Å². The van der Waals surface area contributed by atoms with Crippen LogP contribution in [0.2, 0.25) is 5.02 Å². The third-order valence-corrected chi connectivity index (χ3v) is 2.95. The van der Waals surface area contributed by atoms with Crippen molar-refractivity contribution in [2.75, 3.05) is 0 Å². The molecule has 0 saturated carbocycles. The van der Waals surface area contributed by atoms with Crippen molar-refractivity contribution in [2.45, 2.75) is 39.5 Å². The number of pyridine rings is 1. The van der Waals surface area contributed by atoms with E-state index in [9.17, 15) is 9.90 Å². The van der Waals surface area contributed by atoms with Gasteiger partial charge in [-0.25, -0.2) is 9.78 Å². The van der Waals surface area contributed by atoms with E-state index in [0.29, 0.717) is 22.1 Å². The van der Waals surface area contributed by atoms with Crippen molar-refractivity contribution in [2.24, 2.45) is 0 Å². The lowest BCUT2D eigenvalue weighted by Gasteiger charge is -2.19. The summed E-state index contributed by atoms with van der Waals surface area (Å²) in [5, 5.41) is 12.6. The van der Waals surface area contributed by atoms with Gasteiger partial charge in [0, 0.05) is 17.3 Å². The number of amides is 1. The first kappa shape index (κ1) is 15.6. The van der Waals surface area contributed by atoms with Crippen LogP contribution >= 0.6 is 11.6 Å². The maximum Gasteiger partial charge on any atom is 0.407 e. The fourth-order valence-electron chi connectivity index (χ4n) is 1.90. The topological polar surface area (TPSA) is 75.9 Å². The van der Waals surface area contributed by atoms with Gasteiger partial charge >= 0.3 is 6.09 Å². The van der Waals surface area contributed by atoms with Crippen LogP contribution in [-0.4, -0.2) is 26.2 Å². The Balaban J connectivity index is 2.19. The van der Waals surface area contributed by atoms with Crippen LogP contribution in [0.3, 0.4) is 0 Å². The van der Waals surface area contributed by atoms with Gasteiger partial charge in [-0.05, 0) is 26.8 Å². The Morgan fingerprint density at radius 3 is 2.86 bits per heavy atom. The van der Waals surface area contributed by atoms with Crippen molar-refractivity contribution < 1.29 is 14.6 Å². The van der Waals surface area contributed by atoms with Crippen LogP contribution in [0.4, 0.5) is 4.79 Å². The highest BCUT2D eigenvalue weighted by molar-refractivity contribution is 6.30. The van der Waals surface area contributed by atoms with Gasteiger partial charge in [0.2, 0.25) is 0 Å². The van der Waals surface area contributed by atoms with Crippen molar-refractivity contribution in [3.8, 4) is 0 Å². The highest BCUT2D eigenvalue weighted by Gasteiger charge is 2.17. The second-order valence-electron chi connectivity index (χ2n) is 5.59. The third-order valence-electron chi connectivity index (χ3n) is 2.72. The average molecular weight is 312 g/mol. The van der Waals surface area contributed by atoms with Crippen LogP contribution in [0.15, 0.2) is 18.3 Å². The summed E-state index contributed by atoms with van der Waals surface area (Å²) < 4.78 is 6.95. The Morgan fingerprint density at radius 2 is 2.24 bits per heavy atom. The fraction of sp³-hybridized carbons (Fsp3) is 0.429. The van der Waals surface area contributed by atoms with Crippen LogP contribution < -0.4 is 5.32 Å². The molecule has 0 unspecified atom stereocenters. The summed E-state index contributed by atoms with van der Waals surface area (Å²) in [4.78, 5) is 16.0. The van der Waals surface area contributed by atoms with E-state index in [4.69, 9.17) is 16.3 Å². The predicted molar refractivity (Wildman–Crippen MR) is 79.2 cm³/mol. The minimum absolute atomic E-state index is 0.202. The Bertz CT molecular complexity index is 661. The fourth-order valence-corrected chi connectivity index (χ4v) is 2.06. The number of fused-ring (bicyclic) bond motifs is 1. The number of rotatable bonds is 3. The highest BCUT2D eigenvalue weighted by Crippen LogP contribution is 2.17. The molecule has 2 N–H and O–H groups in total. The van der Waals surface area contributed by atoms with Gasteiger partial charge in [-0.15, -0.1) is 0 Å². The van der Waals surface area contributed by atoms with E-state index < -0.39 is 11.7 Å². The quantitative estimate of drug-likeness (QED) is 0.913. The van der Waals surface area contributed by atoms with E-state index in [1.807, 2.05) is 0 Å². The van der Waals surface area contributed by atoms with Crippen molar-refractivity contribution in [1.82, 2.24) is 14.7 Å². The average Bonchev–Trinajstić information content (AvgIpc) is 2.71. The molecule has 2 aromatic rings. The molecule has 0 aliphatic rings. The minimum atomic E-state index is -0.559. The Kier molecular flexibility index (Phi) is 4.39. The normalized spacial score (nSPS) is 11.7. The van der Waals surface area contributed by atoms with E-state index in [1.54, 1.807) is 43.5 Å². The summed E-state index contributed by atoms with van der Waals surface area (Å²) in [5.41, 5.74) is 1.24. The van der Waals surface area contributed by atoms with Gasteiger partial charge < -0.3 is 19.6 Å². The molecule has 1 amide bonds. The zero-order valence-electron chi connectivity index (χ0n) is 12.2. The lowest BCUT2D eigenvalue weighted by atomic mass is 10.2. The molecule has 2 rings (SSSR count). The molecule has 2 heterocycles. The van der Waals surface area contributed by atoms with Gasteiger partial charge in [0.25, 0.3) is 0 Å². The minimum Gasteiger partial charge on any atom is -0.444 e. The second-order valence-corrected chi connectivity index (χ2v) is 6.03. The van der Waals surface area contributed by atoms with Crippen LogP contribution in [0, 0.1) is 0 Å². The van der Waals surface area contributed by atoms with Gasteiger partial charge in [0.1, 0.15) is 11.2 Å². The van der Waals surface area contributed by atoms with E-state index in [1.165, 1.54) is 0 Å². The van der Waals surface area contributed by atoms with Crippen LogP contribution in [-0.2, 0) is 17.9 Å². The van der Waals surface area contributed by atoms with Crippen molar-refractivity contribution >= 4 is 23.3 Å². The summed E-state index contributed by atoms with van der Waals surface area (Å²) in [7, 11) is 0. The molecule has 0 fully saturated rings. The van der Waals surface area contributed by atoms with Crippen LogP contribution in [0.1, 0.15) is 32.2 Å². The molecule has 0 spiro atoms. The summed E-state index contributed by atoms with van der Waals surface area (Å²) >= 11 is 5.92. The van der Waals surface area contributed by atoms with Crippen molar-refractivity contribution in [3.05, 3.63) is 34.7 Å². The number of hydrogen-bond acceptors (Lipinski definition) is 4. The van der Waals surface area contributed by atoms with E-state index in [2.05, 4.69) is 10.3 Å². The highest BCUT2D eigenvalue weighted by atomic mass is 35.5. The molecule has 7 heteroatoms. The molecule has 0 atom stereocenters. The summed E-state index contributed by atoms with van der Waals surface area (Å²) in [5.74, 6) is 0.